The Balaban J connectivity index is 1.65. The number of hydrogen-bond acceptors (Lipinski definition) is 3. The molecule has 3 heterocycles. The highest BCUT2D eigenvalue weighted by Crippen LogP contribution is 2.20. The Morgan fingerprint density at radius 1 is 1.22 bits per heavy atom. The normalized spacial score (nSPS) is 11.2. The van der Waals surface area contributed by atoms with E-state index >= 15 is 0 Å². The van der Waals surface area contributed by atoms with Crippen LogP contribution in [0.25, 0.3) is 16.6 Å². The standard InChI is InChI=1S/C17H15N5O/c1-11-19-15-8-13(3-4-16(15)21(11)2)20-17(23)12-5-6-22-10-18-9-14(22)7-12/h3-10H,1-2H3,(H,20,23). The number of hydrogen-bond donors (Lipinski definition) is 1. The molecule has 0 bridgehead atoms. The van der Waals surface area contributed by atoms with Crippen LogP contribution in [0.4, 0.5) is 5.69 Å². The van der Waals surface area contributed by atoms with Crippen LogP contribution in [-0.2, 0) is 7.05 Å². The Labute approximate surface area is 132 Å². The van der Waals surface area contributed by atoms with Crippen molar-refractivity contribution in [3.8, 4) is 0 Å². The number of aryl methyl sites for hydroxylation is 2. The van der Waals surface area contributed by atoms with Gasteiger partial charge in [-0.15, -0.1) is 0 Å². The third-order valence-corrected chi connectivity index (χ3v) is 4.04. The molecule has 0 radical (unpaired) electrons. The first-order chi connectivity index (χ1) is 11.1. The second kappa shape index (κ2) is 4.95. The molecule has 6 heteroatoms. The molecular formula is C17H15N5O. The molecule has 0 spiro atoms. The highest BCUT2D eigenvalue weighted by Gasteiger charge is 2.09. The molecule has 0 unspecified atom stereocenters. The van der Waals surface area contributed by atoms with Crippen molar-refractivity contribution < 1.29 is 4.79 Å². The highest BCUT2D eigenvalue weighted by molar-refractivity contribution is 6.05. The van der Waals surface area contributed by atoms with Crippen LogP contribution in [0.1, 0.15) is 16.2 Å². The number of imidazole rings is 2. The molecule has 4 rings (SSSR count). The summed E-state index contributed by atoms with van der Waals surface area (Å²) in [5, 5.41) is 2.92. The van der Waals surface area contributed by atoms with E-state index < -0.39 is 0 Å². The lowest BCUT2D eigenvalue weighted by Crippen LogP contribution is -2.12. The van der Waals surface area contributed by atoms with Crippen molar-refractivity contribution in [3.63, 3.8) is 0 Å². The maximum atomic E-state index is 12.4. The highest BCUT2D eigenvalue weighted by atomic mass is 16.1. The van der Waals surface area contributed by atoms with Gasteiger partial charge in [0, 0.05) is 24.5 Å². The third kappa shape index (κ3) is 2.24. The van der Waals surface area contributed by atoms with E-state index in [4.69, 9.17) is 0 Å². The van der Waals surface area contributed by atoms with E-state index in [1.54, 1.807) is 18.6 Å². The van der Waals surface area contributed by atoms with Gasteiger partial charge in [-0.2, -0.15) is 0 Å². The monoisotopic (exact) mass is 305 g/mol. The molecule has 114 valence electrons. The Bertz CT molecular complexity index is 1040. The number of fused-ring (bicyclic) bond motifs is 2. The molecule has 0 fully saturated rings. The lowest BCUT2D eigenvalue weighted by molar-refractivity contribution is 0.102. The van der Waals surface area contributed by atoms with Crippen LogP contribution in [0.5, 0.6) is 0 Å². The third-order valence-electron chi connectivity index (χ3n) is 4.04. The molecule has 0 saturated heterocycles. The Morgan fingerprint density at radius 3 is 2.96 bits per heavy atom. The maximum absolute atomic E-state index is 12.4. The lowest BCUT2D eigenvalue weighted by atomic mass is 10.2. The molecule has 6 nitrogen and oxygen atoms in total. The van der Waals surface area contributed by atoms with Crippen molar-refractivity contribution in [1.29, 1.82) is 0 Å². The van der Waals surface area contributed by atoms with Crippen molar-refractivity contribution in [1.82, 2.24) is 18.9 Å². The van der Waals surface area contributed by atoms with Gasteiger partial charge in [-0.05, 0) is 37.3 Å². The van der Waals surface area contributed by atoms with E-state index in [1.165, 1.54) is 0 Å². The predicted octanol–water partition coefficient (Wildman–Crippen LogP) is 2.78. The van der Waals surface area contributed by atoms with Crippen molar-refractivity contribution in [2.45, 2.75) is 6.92 Å². The summed E-state index contributed by atoms with van der Waals surface area (Å²) in [6.07, 6.45) is 5.25. The second-order valence-electron chi connectivity index (χ2n) is 5.52. The first kappa shape index (κ1) is 13.5. The minimum atomic E-state index is -0.152. The van der Waals surface area contributed by atoms with E-state index in [9.17, 15) is 4.79 Å². The molecule has 0 aliphatic heterocycles. The van der Waals surface area contributed by atoms with Crippen molar-refractivity contribution in [2.24, 2.45) is 7.05 Å². The smallest absolute Gasteiger partial charge is 0.255 e. The van der Waals surface area contributed by atoms with E-state index in [0.29, 0.717) is 5.56 Å². The van der Waals surface area contributed by atoms with E-state index in [-0.39, 0.29) is 5.91 Å². The number of amides is 1. The quantitative estimate of drug-likeness (QED) is 0.619. The summed E-state index contributed by atoms with van der Waals surface area (Å²) < 4.78 is 3.88. The number of aromatic nitrogens is 4. The molecule has 0 saturated carbocycles. The summed E-state index contributed by atoms with van der Waals surface area (Å²) in [5.74, 6) is 0.787. The average Bonchev–Trinajstić information content (AvgIpc) is 3.11. The number of anilines is 1. The van der Waals surface area contributed by atoms with Gasteiger partial charge in [0.25, 0.3) is 5.91 Å². The summed E-state index contributed by atoms with van der Waals surface area (Å²) in [7, 11) is 1.98. The first-order valence-corrected chi connectivity index (χ1v) is 7.28. The number of pyridine rings is 1. The Morgan fingerprint density at radius 2 is 2.09 bits per heavy atom. The molecule has 0 aliphatic rings. The van der Waals surface area contributed by atoms with Crippen molar-refractivity contribution >= 4 is 28.1 Å². The van der Waals surface area contributed by atoms with Crippen LogP contribution in [0.15, 0.2) is 49.1 Å². The van der Waals surface area contributed by atoms with Gasteiger partial charge in [-0.25, -0.2) is 9.97 Å². The molecule has 1 amide bonds. The number of benzene rings is 1. The van der Waals surface area contributed by atoms with Gasteiger partial charge in [-0.1, -0.05) is 0 Å². The summed E-state index contributed by atoms with van der Waals surface area (Å²) in [4.78, 5) is 21.0. The molecule has 3 aromatic heterocycles. The zero-order valence-electron chi connectivity index (χ0n) is 12.8. The fourth-order valence-electron chi connectivity index (χ4n) is 2.66. The van der Waals surface area contributed by atoms with E-state index in [1.807, 2.05) is 53.4 Å². The molecule has 23 heavy (non-hydrogen) atoms. The van der Waals surface area contributed by atoms with Gasteiger partial charge in [0.05, 0.1) is 29.1 Å². The largest absolute Gasteiger partial charge is 0.331 e. The van der Waals surface area contributed by atoms with Crippen LogP contribution in [0.3, 0.4) is 0 Å². The SMILES string of the molecule is Cc1nc2cc(NC(=O)c3ccn4cncc4c3)ccc2n1C. The fourth-order valence-corrected chi connectivity index (χ4v) is 2.66. The van der Waals surface area contributed by atoms with Crippen LogP contribution < -0.4 is 5.32 Å². The second-order valence-corrected chi connectivity index (χ2v) is 5.52. The van der Waals surface area contributed by atoms with Crippen molar-refractivity contribution in [3.05, 3.63) is 60.4 Å². The predicted molar refractivity (Wildman–Crippen MR) is 88.6 cm³/mol. The van der Waals surface area contributed by atoms with Gasteiger partial charge >= 0.3 is 0 Å². The molecule has 4 aromatic rings. The average molecular weight is 305 g/mol. The van der Waals surface area contributed by atoms with Gasteiger partial charge in [0.1, 0.15) is 5.82 Å². The fraction of sp³-hybridized carbons (Fsp3) is 0.118. The molecular weight excluding hydrogens is 290 g/mol. The number of nitrogens with one attached hydrogen (secondary N) is 1. The van der Waals surface area contributed by atoms with Gasteiger partial charge in [-0.3, -0.25) is 4.79 Å². The number of carbonyl (C=O) groups excluding carboxylic acids is 1. The van der Waals surface area contributed by atoms with Gasteiger partial charge in [0.2, 0.25) is 0 Å². The summed E-state index contributed by atoms with van der Waals surface area (Å²) in [6.45, 7) is 1.96. The summed E-state index contributed by atoms with van der Waals surface area (Å²) in [5.41, 5.74) is 4.12. The number of rotatable bonds is 2. The van der Waals surface area contributed by atoms with Crippen LogP contribution in [0.2, 0.25) is 0 Å². The van der Waals surface area contributed by atoms with E-state index in [2.05, 4.69) is 15.3 Å². The summed E-state index contributed by atoms with van der Waals surface area (Å²) in [6, 6.07) is 9.32. The van der Waals surface area contributed by atoms with Gasteiger partial charge in [0.15, 0.2) is 0 Å². The van der Waals surface area contributed by atoms with Crippen LogP contribution >= 0.6 is 0 Å². The topological polar surface area (TPSA) is 64.2 Å². The summed E-state index contributed by atoms with van der Waals surface area (Å²) >= 11 is 0. The minimum Gasteiger partial charge on any atom is -0.331 e. The molecule has 1 N–H and O–H groups in total. The molecule has 0 atom stereocenters. The van der Waals surface area contributed by atoms with Crippen molar-refractivity contribution in [2.75, 3.05) is 5.32 Å². The van der Waals surface area contributed by atoms with Crippen LogP contribution in [0, 0.1) is 6.92 Å². The van der Waals surface area contributed by atoms with Crippen LogP contribution in [-0.4, -0.2) is 24.8 Å². The molecule has 0 aliphatic carbocycles. The zero-order valence-corrected chi connectivity index (χ0v) is 12.8. The zero-order chi connectivity index (χ0) is 16.0. The first-order valence-electron chi connectivity index (χ1n) is 7.28. The Hall–Kier alpha value is -3.15. The Kier molecular flexibility index (Phi) is 2.90. The minimum absolute atomic E-state index is 0.152. The lowest BCUT2D eigenvalue weighted by Gasteiger charge is -2.06. The maximum Gasteiger partial charge on any atom is 0.255 e. The molecule has 1 aromatic carbocycles. The van der Waals surface area contributed by atoms with E-state index in [0.717, 1.165) is 28.1 Å². The van der Waals surface area contributed by atoms with Gasteiger partial charge < -0.3 is 14.3 Å². The number of carbonyl (C=O) groups is 1. The number of nitrogens with zero attached hydrogens (tertiary/aromatic N) is 4.